The number of hydrogen-bond donors (Lipinski definition) is 0. The minimum absolute atomic E-state index is 0.0746. The maximum absolute atomic E-state index is 13.1. The number of carbonyl (C=O) groups excluding carboxylic acids is 1. The Balaban J connectivity index is 1.54. The molecule has 4 heterocycles. The molecule has 3 atom stereocenters. The number of pyridine rings is 1. The molecule has 0 radical (unpaired) electrons. The Kier molecular flexibility index (Phi) is 3.79. The number of aromatic nitrogens is 1. The fourth-order valence-electron chi connectivity index (χ4n) is 4.78. The molecule has 0 aliphatic carbocycles. The van der Waals surface area contributed by atoms with Crippen molar-refractivity contribution in [1.29, 1.82) is 0 Å². The third-order valence-corrected chi connectivity index (χ3v) is 5.84. The van der Waals surface area contributed by atoms with Gasteiger partial charge in [-0.3, -0.25) is 9.59 Å². The fraction of sp³-hybridized carbons (Fsp3) is 0.684. The molecule has 1 aromatic rings. The number of carbonyl (C=O) groups is 1. The van der Waals surface area contributed by atoms with Gasteiger partial charge < -0.3 is 14.2 Å². The Labute approximate surface area is 142 Å². The van der Waals surface area contributed by atoms with Crippen LogP contribution in [0, 0.1) is 11.8 Å². The molecule has 4 rings (SSSR count). The van der Waals surface area contributed by atoms with Crippen molar-refractivity contribution in [2.75, 3.05) is 19.7 Å². The maximum Gasteiger partial charge on any atom is 0.250 e. The van der Waals surface area contributed by atoms with E-state index in [1.807, 2.05) is 16.7 Å². The number of likely N-dealkylation sites (tertiary alicyclic amines) is 1. The Morgan fingerprint density at radius 1 is 1.25 bits per heavy atom. The van der Waals surface area contributed by atoms with Crippen LogP contribution in [0.15, 0.2) is 23.0 Å². The van der Waals surface area contributed by atoms with Crippen molar-refractivity contribution in [3.8, 4) is 0 Å². The van der Waals surface area contributed by atoms with E-state index in [0.29, 0.717) is 18.4 Å². The second kappa shape index (κ2) is 5.73. The van der Waals surface area contributed by atoms with E-state index in [2.05, 4.69) is 18.7 Å². The second-order valence-electron chi connectivity index (χ2n) is 8.24. The number of rotatable bonds is 1. The van der Waals surface area contributed by atoms with Crippen molar-refractivity contribution < 1.29 is 9.53 Å². The molecule has 3 aliphatic rings. The minimum atomic E-state index is -0.204. The van der Waals surface area contributed by atoms with E-state index in [0.717, 1.165) is 44.6 Å². The van der Waals surface area contributed by atoms with Crippen molar-refractivity contribution in [3.05, 3.63) is 34.2 Å². The molecule has 1 amide bonds. The molecule has 130 valence electrons. The van der Waals surface area contributed by atoms with Gasteiger partial charge in [-0.2, -0.15) is 0 Å². The third-order valence-electron chi connectivity index (χ3n) is 5.84. The van der Waals surface area contributed by atoms with E-state index in [1.54, 1.807) is 6.07 Å². The summed E-state index contributed by atoms with van der Waals surface area (Å²) in [5.41, 5.74) is 0.987. The average molecular weight is 330 g/mol. The van der Waals surface area contributed by atoms with E-state index in [-0.39, 0.29) is 23.0 Å². The summed E-state index contributed by atoms with van der Waals surface area (Å²) >= 11 is 0. The molecule has 1 aromatic heterocycles. The van der Waals surface area contributed by atoms with Gasteiger partial charge in [0.2, 0.25) is 5.91 Å². The van der Waals surface area contributed by atoms with Gasteiger partial charge in [0.1, 0.15) is 0 Å². The SMILES string of the molecule is CC1(C)C[C@H](C(=O)N2C[C@H]3C[C@H](C2)c2cccc(=O)n2C3)CCO1. The molecule has 0 unspecified atom stereocenters. The van der Waals surface area contributed by atoms with Crippen molar-refractivity contribution >= 4 is 5.91 Å². The molecule has 3 aliphatic heterocycles. The van der Waals surface area contributed by atoms with Crippen LogP contribution in [0.1, 0.15) is 44.7 Å². The highest BCUT2D eigenvalue weighted by Crippen LogP contribution is 2.37. The fourth-order valence-corrected chi connectivity index (χ4v) is 4.78. The van der Waals surface area contributed by atoms with Gasteiger partial charge in [-0.1, -0.05) is 6.07 Å². The first kappa shape index (κ1) is 15.9. The van der Waals surface area contributed by atoms with Gasteiger partial charge in [0, 0.05) is 49.8 Å². The van der Waals surface area contributed by atoms with Crippen LogP contribution in [-0.2, 0) is 16.1 Å². The number of fused-ring (bicyclic) bond motifs is 4. The summed E-state index contributed by atoms with van der Waals surface area (Å²) in [6, 6.07) is 5.53. The van der Waals surface area contributed by atoms with Crippen LogP contribution < -0.4 is 5.56 Å². The molecule has 0 spiro atoms. The van der Waals surface area contributed by atoms with E-state index < -0.39 is 0 Å². The molecule has 0 saturated carbocycles. The number of hydrogen-bond acceptors (Lipinski definition) is 3. The second-order valence-corrected chi connectivity index (χ2v) is 8.24. The molecule has 5 nitrogen and oxygen atoms in total. The summed E-state index contributed by atoms with van der Waals surface area (Å²) in [4.78, 5) is 27.2. The van der Waals surface area contributed by atoms with Crippen LogP contribution in [0.4, 0.5) is 0 Å². The topological polar surface area (TPSA) is 51.5 Å². The monoisotopic (exact) mass is 330 g/mol. The van der Waals surface area contributed by atoms with Gasteiger partial charge in [0.15, 0.2) is 0 Å². The first-order chi connectivity index (χ1) is 11.4. The molecule has 2 fully saturated rings. The summed E-state index contributed by atoms with van der Waals surface area (Å²) in [6.45, 7) is 7.08. The lowest BCUT2D eigenvalue weighted by Gasteiger charge is -2.45. The van der Waals surface area contributed by atoms with Crippen molar-refractivity contribution in [1.82, 2.24) is 9.47 Å². The largest absolute Gasteiger partial charge is 0.376 e. The predicted octanol–water partition coefficient (Wildman–Crippen LogP) is 2.00. The number of ether oxygens (including phenoxy) is 1. The Morgan fingerprint density at radius 3 is 2.88 bits per heavy atom. The number of piperidine rings is 1. The first-order valence-electron chi connectivity index (χ1n) is 9.05. The van der Waals surface area contributed by atoms with Crippen LogP contribution in [0.2, 0.25) is 0 Å². The van der Waals surface area contributed by atoms with Crippen LogP contribution in [0.25, 0.3) is 0 Å². The molecule has 0 N–H and O–H groups in total. The predicted molar refractivity (Wildman–Crippen MR) is 90.9 cm³/mol. The highest BCUT2D eigenvalue weighted by Gasteiger charge is 2.40. The van der Waals surface area contributed by atoms with Crippen LogP contribution in [0.5, 0.6) is 0 Å². The van der Waals surface area contributed by atoms with Crippen molar-refractivity contribution in [2.45, 2.75) is 51.2 Å². The lowest BCUT2D eigenvalue weighted by atomic mass is 9.81. The van der Waals surface area contributed by atoms with E-state index in [4.69, 9.17) is 4.74 Å². The molecule has 2 bridgehead atoms. The summed E-state index contributed by atoms with van der Waals surface area (Å²) in [7, 11) is 0. The summed E-state index contributed by atoms with van der Waals surface area (Å²) in [5.74, 6) is 1.05. The number of nitrogens with zero attached hydrogens (tertiary/aromatic N) is 2. The van der Waals surface area contributed by atoms with Gasteiger partial charge in [0.05, 0.1) is 5.60 Å². The van der Waals surface area contributed by atoms with E-state index >= 15 is 0 Å². The zero-order chi connectivity index (χ0) is 16.9. The maximum atomic E-state index is 13.1. The van der Waals surface area contributed by atoms with E-state index in [9.17, 15) is 9.59 Å². The van der Waals surface area contributed by atoms with Gasteiger partial charge >= 0.3 is 0 Å². The molecule has 24 heavy (non-hydrogen) atoms. The number of amides is 1. The molecular weight excluding hydrogens is 304 g/mol. The first-order valence-corrected chi connectivity index (χ1v) is 9.05. The van der Waals surface area contributed by atoms with Crippen LogP contribution >= 0.6 is 0 Å². The lowest BCUT2D eigenvalue weighted by Crippen LogP contribution is -2.52. The lowest BCUT2D eigenvalue weighted by molar-refractivity contribution is -0.148. The Hall–Kier alpha value is -1.62. The minimum Gasteiger partial charge on any atom is -0.376 e. The average Bonchev–Trinajstić information content (AvgIpc) is 2.54. The van der Waals surface area contributed by atoms with Gasteiger partial charge in [-0.05, 0) is 45.1 Å². The molecule has 0 aromatic carbocycles. The molecular formula is C19H26N2O3. The smallest absolute Gasteiger partial charge is 0.250 e. The summed E-state index contributed by atoms with van der Waals surface area (Å²) < 4.78 is 7.67. The van der Waals surface area contributed by atoms with Gasteiger partial charge in [-0.25, -0.2) is 0 Å². The standard InChI is InChI=1S/C19H26N2O3/c1-19(2)9-14(6-7-24-19)18(23)20-10-13-8-15(12-20)16-4-3-5-17(22)21(16)11-13/h3-5,13-15H,6-12H2,1-2H3/t13-,14-,15-/m1/s1. The zero-order valence-corrected chi connectivity index (χ0v) is 14.5. The summed E-state index contributed by atoms with van der Waals surface area (Å²) in [5, 5.41) is 0. The zero-order valence-electron chi connectivity index (χ0n) is 14.5. The highest BCUT2D eigenvalue weighted by atomic mass is 16.5. The van der Waals surface area contributed by atoms with Crippen LogP contribution in [-0.4, -0.2) is 40.7 Å². The molecule has 5 heteroatoms. The molecule has 2 saturated heterocycles. The van der Waals surface area contributed by atoms with Gasteiger partial charge in [0.25, 0.3) is 5.56 Å². The Morgan fingerprint density at radius 2 is 2.08 bits per heavy atom. The van der Waals surface area contributed by atoms with Crippen molar-refractivity contribution in [2.24, 2.45) is 11.8 Å². The Bertz CT molecular complexity index is 709. The normalized spacial score (nSPS) is 31.4. The summed E-state index contributed by atoms with van der Waals surface area (Å²) in [6.07, 6.45) is 2.71. The quantitative estimate of drug-likeness (QED) is 0.791. The van der Waals surface area contributed by atoms with Crippen LogP contribution in [0.3, 0.4) is 0 Å². The highest BCUT2D eigenvalue weighted by molar-refractivity contribution is 5.79. The van der Waals surface area contributed by atoms with E-state index in [1.165, 1.54) is 0 Å². The van der Waals surface area contributed by atoms with Crippen molar-refractivity contribution in [3.63, 3.8) is 0 Å². The van der Waals surface area contributed by atoms with Gasteiger partial charge in [-0.15, -0.1) is 0 Å². The third kappa shape index (κ3) is 2.79.